The number of fused-ring (bicyclic) bond motifs is 1. The molecule has 0 spiro atoms. The molecule has 1 saturated heterocycles. The second kappa shape index (κ2) is 9.70. The quantitative estimate of drug-likeness (QED) is 0.238. The van der Waals surface area contributed by atoms with Crippen molar-refractivity contribution >= 4 is 74.7 Å². The van der Waals surface area contributed by atoms with E-state index in [-0.39, 0.29) is 22.0 Å². The number of carbonyl (C=O) groups is 2. The highest BCUT2D eigenvalue weighted by molar-refractivity contribution is 8.18. The molecule has 35 heavy (non-hydrogen) atoms. The molecule has 176 valence electrons. The topological polar surface area (TPSA) is 42.3 Å². The minimum atomic E-state index is -0.565. The number of nitrogens with zero attached hydrogens (tertiary/aromatic N) is 2. The fourth-order valence-corrected chi connectivity index (χ4v) is 5.49. The Morgan fingerprint density at radius 3 is 2.49 bits per heavy atom. The molecule has 1 aliphatic rings. The van der Waals surface area contributed by atoms with Gasteiger partial charge in [-0.15, -0.1) is 0 Å². The van der Waals surface area contributed by atoms with Crippen LogP contribution in [0.4, 0.5) is 9.18 Å². The van der Waals surface area contributed by atoms with Gasteiger partial charge in [0.1, 0.15) is 5.82 Å². The van der Waals surface area contributed by atoms with E-state index in [1.807, 2.05) is 41.1 Å². The van der Waals surface area contributed by atoms with Crippen LogP contribution in [0.25, 0.3) is 17.0 Å². The molecule has 3 aromatic carbocycles. The van der Waals surface area contributed by atoms with E-state index in [2.05, 4.69) is 0 Å². The number of halogens is 4. The average Bonchev–Trinajstić information content (AvgIpc) is 3.30. The van der Waals surface area contributed by atoms with E-state index in [4.69, 9.17) is 34.8 Å². The molecular weight excluding hydrogens is 530 g/mol. The molecule has 0 unspecified atom stereocenters. The summed E-state index contributed by atoms with van der Waals surface area (Å²) >= 11 is 19.3. The van der Waals surface area contributed by atoms with Gasteiger partial charge in [-0.1, -0.05) is 65.1 Å². The highest BCUT2D eigenvalue weighted by Crippen LogP contribution is 2.36. The molecule has 1 aromatic heterocycles. The number of hydrogen-bond donors (Lipinski definition) is 0. The summed E-state index contributed by atoms with van der Waals surface area (Å²) in [5, 5.41) is 1.73. The predicted molar refractivity (Wildman–Crippen MR) is 140 cm³/mol. The normalized spacial score (nSPS) is 15.1. The molecule has 4 nitrogen and oxygen atoms in total. The van der Waals surface area contributed by atoms with E-state index in [1.54, 1.807) is 18.2 Å². The van der Waals surface area contributed by atoms with Crippen molar-refractivity contribution in [3.8, 4) is 0 Å². The van der Waals surface area contributed by atoms with Gasteiger partial charge in [0.05, 0.1) is 11.4 Å². The Bertz CT molecular complexity index is 1510. The number of benzene rings is 3. The zero-order chi connectivity index (χ0) is 24.7. The van der Waals surface area contributed by atoms with Crippen LogP contribution in [-0.4, -0.2) is 20.6 Å². The van der Waals surface area contributed by atoms with Crippen molar-refractivity contribution in [2.45, 2.75) is 13.1 Å². The maximum absolute atomic E-state index is 14.2. The van der Waals surface area contributed by atoms with Gasteiger partial charge in [0.15, 0.2) is 0 Å². The van der Waals surface area contributed by atoms with Crippen molar-refractivity contribution in [2.75, 3.05) is 0 Å². The molecule has 5 rings (SSSR count). The van der Waals surface area contributed by atoms with Crippen LogP contribution in [0.2, 0.25) is 15.1 Å². The van der Waals surface area contributed by atoms with Gasteiger partial charge in [-0.3, -0.25) is 14.5 Å². The summed E-state index contributed by atoms with van der Waals surface area (Å²) in [6.07, 6.45) is 3.60. The molecule has 0 atom stereocenters. The molecule has 0 aliphatic carbocycles. The molecule has 2 heterocycles. The van der Waals surface area contributed by atoms with Crippen LogP contribution in [0.3, 0.4) is 0 Å². The second-order valence-corrected chi connectivity index (χ2v) is 10.2. The first-order chi connectivity index (χ1) is 16.8. The van der Waals surface area contributed by atoms with E-state index in [0.717, 1.165) is 38.7 Å². The Kier molecular flexibility index (Phi) is 6.64. The lowest BCUT2D eigenvalue weighted by molar-refractivity contribution is -0.123. The molecule has 0 radical (unpaired) electrons. The monoisotopic (exact) mass is 544 g/mol. The number of aromatic nitrogens is 1. The fourth-order valence-electron chi connectivity index (χ4n) is 3.97. The van der Waals surface area contributed by atoms with Gasteiger partial charge in [0, 0.05) is 49.8 Å². The van der Waals surface area contributed by atoms with Crippen molar-refractivity contribution in [1.29, 1.82) is 0 Å². The molecule has 2 amide bonds. The van der Waals surface area contributed by atoms with E-state index in [1.165, 1.54) is 18.2 Å². The van der Waals surface area contributed by atoms with Crippen LogP contribution < -0.4 is 0 Å². The van der Waals surface area contributed by atoms with Crippen molar-refractivity contribution in [1.82, 2.24) is 9.47 Å². The average molecular weight is 546 g/mol. The third kappa shape index (κ3) is 4.71. The zero-order valence-corrected chi connectivity index (χ0v) is 21.1. The maximum atomic E-state index is 14.2. The Balaban J connectivity index is 1.48. The van der Waals surface area contributed by atoms with Crippen LogP contribution in [0.5, 0.6) is 0 Å². The van der Waals surface area contributed by atoms with Crippen LogP contribution in [0.15, 0.2) is 71.8 Å². The molecule has 0 N–H and O–H groups in total. The number of imide groups is 1. The highest BCUT2D eigenvalue weighted by Gasteiger charge is 2.36. The molecular formula is C26H16Cl3FN2O2S. The fraction of sp³-hybridized carbons (Fsp3) is 0.0769. The maximum Gasteiger partial charge on any atom is 0.293 e. The number of thioether (sulfide) groups is 1. The minimum absolute atomic E-state index is 0.106. The van der Waals surface area contributed by atoms with Crippen LogP contribution >= 0.6 is 46.6 Å². The van der Waals surface area contributed by atoms with Gasteiger partial charge in [-0.25, -0.2) is 4.39 Å². The minimum Gasteiger partial charge on any atom is -0.342 e. The Labute approximate surface area is 219 Å². The predicted octanol–water partition coefficient (Wildman–Crippen LogP) is 8.03. The third-order valence-corrected chi connectivity index (χ3v) is 7.56. The number of amides is 2. The lowest BCUT2D eigenvalue weighted by atomic mass is 10.1. The van der Waals surface area contributed by atoms with Crippen molar-refractivity contribution < 1.29 is 14.0 Å². The molecule has 0 saturated carbocycles. The first-order valence-electron chi connectivity index (χ1n) is 10.5. The molecule has 4 aromatic rings. The van der Waals surface area contributed by atoms with Gasteiger partial charge in [0.2, 0.25) is 0 Å². The summed E-state index contributed by atoms with van der Waals surface area (Å²) in [7, 11) is 0. The summed E-state index contributed by atoms with van der Waals surface area (Å²) in [6.45, 7) is 0.266. The van der Waals surface area contributed by atoms with Crippen molar-refractivity contribution in [3.63, 3.8) is 0 Å². The van der Waals surface area contributed by atoms with Gasteiger partial charge in [-0.05, 0) is 53.7 Å². The van der Waals surface area contributed by atoms with E-state index in [9.17, 15) is 14.0 Å². The first kappa shape index (κ1) is 23.9. The second-order valence-electron chi connectivity index (χ2n) is 7.93. The number of carbonyl (C=O) groups excluding carboxylic acids is 2. The number of hydrogen-bond acceptors (Lipinski definition) is 3. The van der Waals surface area contributed by atoms with E-state index in [0.29, 0.717) is 16.6 Å². The molecule has 0 bridgehead atoms. The first-order valence-corrected chi connectivity index (χ1v) is 12.5. The van der Waals surface area contributed by atoms with Crippen LogP contribution in [-0.2, 0) is 17.9 Å². The lowest BCUT2D eigenvalue weighted by Gasteiger charge is -2.14. The molecule has 1 aliphatic heterocycles. The highest BCUT2D eigenvalue weighted by atomic mass is 35.5. The van der Waals surface area contributed by atoms with E-state index < -0.39 is 17.0 Å². The number of rotatable bonds is 5. The standard InChI is InChI=1S/C26H16Cl3FN2O2S/c27-17-9-8-15(21(29)11-17)12-31-13-16(18-4-1-2-7-23(18)31)10-24-25(33)32(26(34)35-24)14-19-20(28)5-3-6-22(19)30/h1-11,13H,12,14H2/b24-10+. The Morgan fingerprint density at radius 1 is 0.914 bits per heavy atom. The summed E-state index contributed by atoms with van der Waals surface area (Å²) in [6, 6.07) is 17.4. The van der Waals surface area contributed by atoms with Gasteiger partial charge in [-0.2, -0.15) is 0 Å². The summed E-state index contributed by atoms with van der Waals surface area (Å²) in [5.41, 5.74) is 2.72. The molecule has 1 fully saturated rings. The largest absolute Gasteiger partial charge is 0.342 e. The SMILES string of the molecule is O=C1S/C(=C/c2cn(Cc3ccc(Cl)cc3Cl)c3ccccc23)C(=O)N1Cc1c(F)cccc1Cl. The zero-order valence-electron chi connectivity index (χ0n) is 18.0. The lowest BCUT2D eigenvalue weighted by Crippen LogP contribution is -2.28. The molecule has 9 heteroatoms. The van der Waals surface area contributed by atoms with Crippen LogP contribution in [0.1, 0.15) is 16.7 Å². The summed E-state index contributed by atoms with van der Waals surface area (Å²) < 4.78 is 16.3. The summed E-state index contributed by atoms with van der Waals surface area (Å²) in [5.74, 6) is -1.05. The Morgan fingerprint density at radius 2 is 1.71 bits per heavy atom. The Hall–Kier alpha value is -2.77. The van der Waals surface area contributed by atoms with E-state index >= 15 is 0 Å². The van der Waals surface area contributed by atoms with Gasteiger partial charge >= 0.3 is 0 Å². The van der Waals surface area contributed by atoms with Gasteiger partial charge in [0.25, 0.3) is 11.1 Å². The van der Waals surface area contributed by atoms with Crippen LogP contribution in [0, 0.1) is 5.82 Å². The summed E-state index contributed by atoms with van der Waals surface area (Å²) in [4.78, 5) is 27.0. The van der Waals surface area contributed by atoms with Crippen molar-refractivity contribution in [3.05, 3.63) is 109 Å². The van der Waals surface area contributed by atoms with Crippen molar-refractivity contribution in [2.24, 2.45) is 0 Å². The van der Waals surface area contributed by atoms with Gasteiger partial charge < -0.3 is 4.57 Å². The number of para-hydroxylation sites is 1. The smallest absolute Gasteiger partial charge is 0.293 e. The third-order valence-electron chi connectivity index (χ3n) is 5.71.